The van der Waals surface area contributed by atoms with E-state index >= 15 is 0 Å². The Labute approximate surface area is 161 Å². The van der Waals surface area contributed by atoms with Gasteiger partial charge in [-0.2, -0.15) is 0 Å². The van der Waals surface area contributed by atoms with Gasteiger partial charge in [0.1, 0.15) is 0 Å². The smallest absolute Gasteiger partial charge is 0.255 e. The van der Waals surface area contributed by atoms with Crippen LogP contribution in [0.15, 0.2) is 18.5 Å². The van der Waals surface area contributed by atoms with Crippen molar-refractivity contribution < 1.29 is 9.59 Å². The van der Waals surface area contributed by atoms with Crippen LogP contribution < -0.4 is 5.32 Å². The number of hydrogen-bond donors (Lipinski definition) is 1. The SMILES string of the molecule is Cc1cncc(C(=O)N2CCC(N3CCC[C@H](C(=O)NC4CC4)C3)CC2)c1. The molecule has 146 valence electrons. The second-order valence-corrected chi connectivity index (χ2v) is 8.39. The van der Waals surface area contributed by atoms with Gasteiger partial charge in [-0.15, -0.1) is 0 Å². The maximum Gasteiger partial charge on any atom is 0.255 e. The zero-order valence-electron chi connectivity index (χ0n) is 16.2. The number of carbonyl (C=O) groups excluding carboxylic acids is 2. The fourth-order valence-corrected chi connectivity index (χ4v) is 4.39. The molecule has 3 fully saturated rings. The van der Waals surface area contributed by atoms with Crippen molar-refractivity contribution in [3.8, 4) is 0 Å². The number of aromatic nitrogens is 1. The number of likely N-dealkylation sites (tertiary alicyclic amines) is 2. The molecule has 6 nitrogen and oxygen atoms in total. The molecule has 0 radical (unpaired) electrons. The van der Waals surface area contributed by atoms with Gasteiger partial charge in [-0.1, -0.05) is 0 Å². The summed E-state index contributed by atoms with van der Waals surface area (Å²) in [5, 5.41) is 3.17. The number of amides is 2. The number of nitrogens with zero attached hydrogens (tertiary/aromatic N) is 3. The molecule has 1 aromatic rings. The molecule has 27 heavy (non-hydrogen) atoms. The van der Waals surface area contributed by atoms with Crippen LogP contribution in [0.1, 0.15) is 54.4 Å². The van der Waals surface area contributed by atoms with E-state index in [0.717, 1.165) is 70.3 Å². The topological polar surface area (TPSA) is 65.5 Å². The lowest BCUT2D eigenvalue weighted by molar-refractivity contribution is -0.127. The highest BCUT2D eigenvalue weighted by Gasteiger charge is 2.34. The normalized spacial score (nSPS) is 24.6. The van der Waals surface area contributed by atoms with Crippen LogP contribution in [0.25, 0.3) is 0 Å². The maximum absolute atomic E-state index is 12.7. The lowest BCUT2D eigenvalue weighted by atomic mass is 9.93. The molecular weight excluding hydrogens is 340 g/mol. The lowest BCUT2D eigenvalue weighted by Gasteiger charge is -2.42. The molecule has 1 saturated carbocycles. The third-order valence-corrected chi connectivity index (χ3v) is 6.14. The molecular formula is C21H30N4O2. The van der Waals surface area contributed by atoms with E-state index in [1.165, 1.54) is 0 Å². The van der Waals surface area contributed by atoms with Gasteiger partial charge >= 0.3 is 0 Å². The van der Waals surface area contributed by atoms with Crippen LogP contribution in [0.4, 0.5) is 0 Å². The minimum Gasteiger partial charge on any atom is -0.353 e. The van der Waals surface area contributed by atoms with Gasteiger partial charge in [-0.05, 0) is 63.6 Å². The summed E-state index contributed by atoms with van der Waals surface area (Å²) in [5.74, 6) is 0.476. The molecule has 1 aliphatic carbocycles. The van der Waals surface area contributed by atoms with E-state index in [2.05, 4.69) is 15.2 Å². The predicted molar refractivity (Wildman–Crippen MR) is 103 cm³/mol. The summed E-state index contributed by atoms with van der Waals surface area (Å²) in [5.41, 5.74) is 1.70. The molecule has 0 spiro atoms. The number of piperidine rings is 2. The van der Waals surface area contributed by atoms with Crippen molar-refractivity contribution in [2.75, 3.05) is 26.2 Å². The summed E-state index contributed by atoms with van der Waals surface area (Å²) in [6.45, 7) is 5.48. The van der Waals surface area contributed by atoms with E-state index in [4.69, 9.17) is 0 Å². The third-order valence-electron chi connectivity index (χ3n) is 6.14. The van der Waals surface area contributed by atoms with Crippen molar-refractivity contribution in [2.45, 2.75) is 57.5 Å². The van der Waals surface area contributed by atoms with Crippen LogP contribution in [0.5, 0.6) is 0 Å². The average molecular weight is 370 g/mol. The van der Waals surface area contributed by atoms with Gasteiger partial charge < -0.3 is 10.2 Å². The molecule has 3 aliphatic rings. The number of carbonyl (C=O) groups is 2. The molecule has 0 bridgehead atoms. The number of nitrogens with one attached hydrogen (secondary N) is 1. The Hall–Kier alpha value is -1.95. The van der Waals surface area contributed by atoms with Gasteiger partial charge in [0.2, 0.25) is 5.91 Å². The van der Waals surface area contributed by atoms with Crippen molar-refractivity contribution in [1.29, 1.82) is 0 Å². The molecule has 2 amide bonds. The molecule has 0 unspecified atom stereocenters. The van der Waals surface area contributed by atoms with Gasteiger partial charge in [0.05, 0.1) is 11.5 Å². The zero-order valence-corrected chi connectivity index (χ0v) is 16.2. The standard InChI is InChI=1S/C21H30N4O2/c1-15-11-17(13-22-12-15)21(27)24-9-6-19(7-10-24)25-8-2-3-16(14-25)20(26)23-18-4-5-18/h11-13,16,18-19H,2-10,14H2,1H3,(H,23,26)/t16-/m0/s1. The van der Waals surface area contributed by atoms with Crippen molar-refractivity contribution in [3.63, 3.8) is 0 Å². The van der Waals surface area contributed by atoms with E-state index in [-0.39, 0.29) is 17.7 Å². The predicted octanol–water partition coefficient (Wildman–Crippen LogP) is 1.99. The quantitative estimate of drug-likeness (QED) is 0.880. The average Bonchev–Trinajstić information content (AvgIpc) is 3.51. The summed E-state index contributed by atoms with van der Waals surface area (Å²) in [4.78, 5) is 33.7. The maximum atomic E-state index is 12.7. The Kier molecular flexibility index (Phi) is 5.43. The van der Waals surface area contributed by atoms with E-state index in [9.17, 15) is 9.59 Å². The first-order valence-corrected chi connectivity index (χ1v) is 10.4. The Morgan fingerprint density at radius 2 is 1.85 bits per heavy atom. The third kappa shape index (κ3) is 4.49. The molecule has 6 heteroatoms. The van der Waals surface area contributed by atoms with Crippen LogP contribution in [0, 0.1) is 12.8 Å². The van der Waals surface area contributed by atoms with Gasteiger partial charge in [-0.25, -0.2) is 0 Å². The van der Waals surface area contributed by atoms with Crippen molar-refractivity contribution >= 4 is 11.8 Å². The number of aryl methyl sites for hydroxylation is 1. The van der Waals surface area contributed by atoms with E-state index < -0.39 is 0 Å². The summed E-state index contributed by atoms with van der Waals surface area (Å²) in [6.07, 6.45) is 9.80. The number of pyridine rings is 1. The number of rotatable bonds is 4. The largest absolute Gasteiger partial charge is 0.353 e. The number of hydrogen-bond acceptors (Lipinski definition) is 4. The molecule has 2 aliphatic heterocycles. The van der Waals surface area contributed by atoms with Crippen LogP contribution in [-0.2, 0) is 4.79 Å². The summed E-state index contributed by atoms with van der Waals surface area (Å²) >= 11 is 0. The second kappa shape index (κ2) is 7.97. The second-order valence-electron chi connectivity index (χ2n) is 8.39. The highest BCUT2D eigenvalue weighted by Crippen LogP contribution is 2.26. The van der Waals surface area contributed by atoms with Crippen LogP contribution >= 0.6 is 0 Å². The van der Waals surface area contributed by atoms with E-state index in [0.29, 0.717) is 17.6 Å². The zero-order chi connectivity index (χ0) is 18.8. The fraction of sp³-hybridized carbons (Fsp3) is 0.667. The highest BCUT2D eigenvalue weighted by atomic mass is 16.2. The van der Waals surface area contributed by atoms with Gasteiger partial charge in [-0.3, -0.25) is 19.5 Å². The molecule has 1 atom stereocenters. The van der Waals surface area contributed by atoms with E-state index in [1.807, 2.05) is 17.9 Å². The fourth-order valence-electron chi connectivity index (χ4n) is 4.39. The van der Waals surface area contributed by atoms with Gasteiger partial charge in [0.25, 0.3) is 5.91 Å². The first kappa shape index (κ1) is 18.4. The molecule has 2 saturated heterocycles. The Morgan fingerprint density at radius 3 is 2.56 bits per heavy atom. The Balaban J connectivity index is 1.29. The van der Waals surface area contributed by atoms with Crippen molar-refractivity contribution in [3.05, 3.63) is 29.6 Å². The molecule has 1 N–H and O–H groups in total. The summed E-state index contributed by atoms with van der Waals surface area (Å²) in [7, 11) is 0. The first-order valence-electron chi connectivity index (χ1n) is 10.4. The Morgan fingerprint density at radius 1 is 1.07 bits per heavy atom. The summed E-state index contributed by atoms with van der Waals surface area (Å²) in [6, 6.07) is 2.84. The van der Waals surface area contributed by atoms with Crippen LogP contribution in [-0.4, -0.2) is 64.9 Å². The summed E-state index contributed by atoms with van der Waals surface area (Å²) < 4.78 is 0. The van der Waals surface area contributed by atoms with Crippen molar-refractivity contribution in [1.82, 2.24) is 20.1 Å². The molecule has 3 heterocycles. The van der Waals surface area contributed by atoms with Crippen LogP contribution in [0.3, 0.4) is 0 Å². The van der Waals surface area contributed by atoms with Gasteiger partial charge in [0.15, 0.2) is 0 Å². The Bertz CT molecular complexity index is 695. The molecule has 0 aromatic carbocycles. The van der Waals surface area contributed by atoms with E-state index in [1.54, 1.807) is 12.4 Å². The molecule has 4 rings (SSSR count). The minimum atomic E-state index is 0.0879. The minimum absolute atomic E-state index is 0.0879. The highest BCUT2D eigenvalue weighted by molar-refractivity contribution is 5.94. The monoisotopic (exact) mass is 370 g/mol. The van der Waals surface area contributed by atoms with Gasteiger partial charge in [0, 0.05) is 44.1 Å². The van der Waals surface area contributed by atoms with Crippen molar-refractivity contribution in [2.24, 2.45) is 5.92 Å². The lowest BCUT2D eigenvalue weighted by Crippen LogP contribution is -2.51. The molecule has 1 aromatic heterocycles. The first-order chi connectivity index (χ1) is 13.1. The van der Waals surface area contributed by atoms with Crippen LogP contribution in [0.2, 0.25) is 0 Å².